The van der Waals surface area contributed by atoms with E-state index in [1.165, 1.54) is 13.3 Å². The SMILES string of the molecule is CCn1cc(C(=O)NNc2ccc(C)c(C(=O)OC)c2)cn1. The lowest BCUT2D eigenvalue weighted by Crippen LogP contribution is -2.29. The fourth-order valence-electron chi connectivity index (χ4n) is 1.88. The molecule has 0 aliphatic rings. The largest absolute Gasteiger partial charge is 0.465 e. The Labute approximate surface area is 128 Å². The molecule has 1 heterocycles. The molecule has 1 aromatic carbocycles. The number of methoxy groups -OCH3 is 1. The number of hydrogen-bond donors (Lipinski definition) is 2. The van der Waals surface area contributed by atoms with E-state index in [1.54, 1.807) is 29.1 Å². The standard InChI is InChI=1S/C15H18N4O3/c1-4-19-9-11(8-16-19)14(20)18-17-12-6-5-10(2)13(7-12)15(21)22-3/h5-9,17H,4H2,1-3H3,(H,18,20). The molecule has 2 N–H and O–H groups in total. The average Bonchev–Trinajstić information content (AvgIpc) is 3.02. The predicted molar refractivity (Wildman–Crippen MR) is 81.5 cm³/mol. The van der Waals surface area contributed by atoms with Crippen molar-refractivity contribution in [2.75, 3.05) is 12.5 Å². The number of aryl methyl sites for hydroxylation is 2. The van der Waals surface area contributed by atoms with Crippen LogP contribution in [0.1, 0.15) is 33.2 Å². The van der Waals surface area contributed by atoms with Crippen molar-refractivity contribution < 1.29 is 14.3 Å². The minimum atomic E-state index is -0.420. The number of rotatable bonds is 5. The number of hydrazine groups is 1. The molecule has 0 spiro atoms. The van der Waals surface area contributed by atoms with Crippen LogP contribution in [0.2, 0.25) is 0 Å². The third-order valence-corrected chi connectivity index (χ3v) is 3.18. The summed E-state index contributed by atoms with van der Waals surface area (Å²) in [6.45, 7) is 4.45. The summed E-state index contributed by atoms with van der Waals surface area (Å²) in [6, 6.07) is 5.16. The number of nitrogens with one attached hydrogen (secondary N) is 2. The van der Waals surface area contributed by atoms with E-state index in [-0.39, 0.29) is 5.91 Å². The van der Waals surface area contributed by atoms with E-state index < -0.39 is 5.97 Å². The highest BCUT2D eigenvalue weighted by atomic mass is 16.5. The second kappa shape index (κ2) is 6.75. The molecule has 2 aromatic rings. The molecular weight excluding hydrogens is 284 g/mol. The second-order valence-corrected chi connectivity index (χ2v) is 4.69. The Morgan fingerprint density at radius 2 is 2.14 bits per heavy atom. The Kier molecular flexibility index (Phi) is 4.77. The summed E-state index contributed by atoms with van der Waals surface area (Å²) < 4.78 is 6.38. The number of nitrogens with zero attached hydrogens (tertiary/aromatic N) is 2. The molecule has 0 fully saturated rings. The van der Waals surface area contributed by atoms with Gasteiger partial charge in [-0.1, -0.05) is 6.07 Å². The van der Waals surface area contributed by atoms with Crippen LogP contribution in [-0.2, 0) is 11.3 Å². The number of aromatic nitrogens is 2. The van der Waals surface area contributed by atoms with Crippen LogP contribution in [0.5, 0.6) is 0 Å². The van der Waals surface area contributed by atoms with Crippen LogP contribution in [0.15, 0.2) is 30.6 Å². The summed E-state index contributed by atoms with van der Waals surface area (Å²) >= 11 is 0. The van der Waals surface area contributed by atoms with Gasteiger partial charge in [-0.25, -0.2) is 4.79 Å². The molecule has 1 amide bonds. The highest BCUT2D eigenvalue weighted by molar-refractivity contribution is 5.95. The minimum absolute atomic E-state index is 0.306. The normalized spacial score (nSPS) is 10.1. The maximum absolute atomic E-state index is 12.0. The predicted octanol–water partition coefficient (Wildman–Crippen LogP) is 1.75. The Hall–Kier alpha value is -2.83. The Morgan fingerprint density at radius 3 is 2.77 bits per heavy atom. The van der Waals surface area contributed by atoms with Gasteiger partial charge in [-0.2, -0.15) is 5.10 Å². The van der Waals surface area contributed by atoms with Crippen molar-refractivity contribution in [2.45, 2.75) is 20.4 Å². The number of ether oxygens (including phenoxy) is 1. The molecule has 7 nitrogen and oxygen atoms in total. The molecule has 0 atom stereocenters. The topological polar surface area (TPSA) is 85.2 Å². The van der Waals surface area contributed by atoms with Gasteiger partial charge >= 0.3 is 5.97 Å². The van der Waals surface area contributed by atoms with Crippen LogP contribution < -0.4 is 10.9 Å². The van der Waals surface area contributed by atoms with Crippen molar-refractivity contribution in [2.24, 2.45) is 0 Å². The van der Waals surface area contributed by atoms with Crippen molar-refractivity contribution in [1.29, 1.82) is 0 Å². The zero-order valence-electron chi connectivity index (χ0n) is 12.7. The van der Waals surface area contributed by atoms with Crippen molar-refractivity contribution in [3.05, 3.63) is 47.3 Å². The molecule has 0 bridgehead atoms. The lowest BCUT2D eigenvalue weighted by Gasteiger charge is -2.10. The first kappa shape index (κ1) is 15.6. The van der Waals surface area contributed by atoms with Gasteiger partial charge in [0.25, 0.3) is 5.91 Å². The van der Waals surface area contributed by atoms with Gasteiger partial charge in [0, 0.05) is 12.7 Å². The number of anilines is 1. The van der Waals surface area contributed by atoms with Crippen molar-refractivity contribution in [3.8, 4) is 0 Å². The first-order chi connectivity index (χ1) is 10.5. The molecule has 0 radical (unpaired) electrons. The van der Waals surface area contributed by atoms with Crippen LogP contribution in [-0.4, -0.2) is 28.8 Å². The molecular formula is C15H18N4O3. The number of esters is 1. The summed E-state index contributed by atoms with van der Waals surface area (Å²) in [5.41, 5.74) is 7.62. The van der Waals surface area contributed by atoms with Crippen LogP contribution >= 0.6 is 0 Å². The molecule has 7 heteroatoms. The van der Waals surface area contributed by atoms with Gasteiger partial charge < -0.3 is 4.74 Å². The fourth-order valence-corrected chi connectivity index (χ4v) is 1.88. The van der Waals surface area contributed by atoms with Gasteiger partial charge in [-0.05, 0) is 31.5 Å². The molecule has 0 saturated heterocycles. The highest BCUT2D eigenvalue weighted by Gasteiger charge is 2.11. The summed E-state index contributed by atoms with van der Waals surface area (Å²) in [6.07, 6.45) is 3.15. The van der Waals surface area contributed by atoms with Crippen LogP contribution in [0, 0.1) is 6.92 Å². The Morgan fingerprint density at radius 1 is 1.36 bits per heavy atom. The molecule has 0 unspecified atom stereocenters. The zero-order chi connectivity index (χ0) is 16.1. The lowest BCUT2D eigenvalue weighted by atomic mass is 10.1. The second-order valence-electron chi connectivity index (χ2n) is 4.69. The summed E-state index contributed by atoms with van der Waals surface area (Å²) in [5.74, 6) is -0.725. The molecule has 116 valence electrons. The molecule has 2 rings (SSSR count). The maximum Gasteiger partial charge on any atom is 0.338 e. The summed E-state index contributed by atoms with van der Waals surface area (Å²) in [7, 11) is 1.33. The number of hydrogen-bond acceptors (Lipinski definition) is 5. The van der Waals surface area contributed by atoms with E-state index in [9.17, 15) is 9.59 Å². The number of benzene rings is 1. The van der Waals surface area contributed by atoms with Gasteiger partial charge in [0.1, 0.15) is 0 Å². The van der Waals surface area contributed by atoms with E-state index in [2.05, 4.69) is 16.0 Å². The zero-order valence-corrected chi connectivity index (χ0v) is 12.7. The van der Waals surface area contributed by atoms with E-state index in [1.807, 2.05) is 13.8 Å². The first-order valence-electron chi connectivity index (χ1n) is 6.83. The van der Waals surface area contributed by atoms with E-state index in [0.29, 0.717) is 23.4 Å². The maximum atomic E-state index is 12.0. The van der Waals surface area contributed by atoms with Crippen molar-refractivity contribution >= 4 is 17.6 Å². The Bertz CT molecular complexity index is 694. The summed E-state index contributed by atoms with van der Waals surface area (Å²) in [5, 5.41) is 4.04. The lowest BCUT2D eigenvalue weighted by molar-refractivity contribution is 0.0600. The number of carbonyl (C=O) groups is 2. The van der Waals surface area contributed by atoms with Gasteiger partial charge in [0.15, 0.2) is 0 Å². The Balaban J connectivity index is 2.05. The van der Waals surface area contributed by atoms with Gasteiger partial charge in [0.2, 0.25) is 0 Å². The van der Waals surface area contributed by atoms with Crippen LogP contribution in [0.4, 0.5) is 5.69 Å². The number of carbonyl (C=O) groups excluding carboxylic acids is 2. The monoisotopic (exact) mass is 302 g/mol. The minimum Gasteiger partial charge on any atom is -0.465 e. The quantitative estimate of drug-likeness (QED) is 0.649. The van der Waals surface area contributed by atoms with Crippen molar-refractivity contribution in [3.63, 3.8) is 0 Å². The number of amides is 1. The molecule has 1 aromatic heterocycles. The van der Waals surface area contributed by atoms with Gasteiger partial charge in [-0.15, -0.1) is 0 Å². The third-order valence-electron chi connectivity index (χ3n) is 3.18. The van der Waals surface area contributed by atoms with E-state index >= 15 is 0 Å². The van der Waals surface area contributed by atoms with Crippen LogP contribution in [0.3, 0.4) is 0 Å². The van der Waals surface area contributed by atoms with Gasteiger partial charge in [-0.3, -0.25) is 20.3 Å². The molecule has 0 saturated carbocycles. The fraction of sp³-hybridized carbons (Fsp3) is 0.267. The van der Waals surface area contributed by atoms with Crippen molar-refractivity contribution in [1.82, 2.24) is 15.2 Å². The smallest absolute Gasteiger partial charge is 0.338 e. The molecule has 0 aliphatic heterocycles. The molecule has 0 aliphatic carbocycles. The van der Waals surface area contributed by atoms with Gasteiger partial charge in [0.05, 0.1) is 30.1 Å². The average molecular weight is 302 g/mol. The first-order valence-corrected chi connectivity index (χ1v) is 6.83. The highest BCUT2D eigenvalue weighted by Crippen LogP contribution is 2.15. The summed E-state index contributed by atoms with van der Waals surface area (Å²) in [4.78, 5) is 23.6. The molecule has 22 heavy (non-hydrogen) atoms. The third kappa shape index (κ3) is 3.43. The van der Waals surface area contributed by atoms with Crippen LogP contribution in [0.25, 0.3) is 0 Å². The van der Waals surface area contributed by atoms with E-state index in [0.717, 1.165) is 5.56 Å². The van der Waals surface area contributed by atoms with E-state index in [4.69, 9.17) is 4.74 Å².